The third kappa shape index (κ3) is 3.27. The molecule has 1 atom stereocenters. The van der Waals surface area contributed by atoms with Gasteiger partial charge < -0.3 is 15.8 Å². The van der Waals surface area contributed by atoms with Gasteiger partial charge in [0.2, 0.25) is 0 Å². The second-order valence-electron chi connectivity index (χ2n) is 5.91. The highest BCUT2D eigenvalue weighted by Gasteiger charge is 2.46. The van der Waals surface area contributed by atoms with Gasteiger partial charge in [0.25, 0.3) is 12.3 Å². The van der Waals surface area contributed by atoms with Gasteiger partial charge in [0.1, 0.15) is 18.3 Å². The molecule has 0 saturated carbocycles. The summed E-state index contributed by atoms with van der Waals surface area (Å²) < 4.78 is 46.9. The molecule has 0 aliphatic carbocycles. The van der Waals surface area contributed by atoms with E-state index >= 15 is 0 Å². The molecule has 3 rings (SSSR count). The number of amidine groups is 1. The maximum Gasteiger partial charge on any atom is 0.276 e. The van der Waals surface area contributed by atoms with Crippen molar-refractivity contribution in [1.82, 2.24) is 10.2 Å². The Kier molecular flexibility index (Phi) is 4.68. The molecule has 1 amide bonds. The predicted molar refractivity (Wildman–Crippen MR) is 87.8 cm³/mol. The highest BCUT2D eigenvalue weighted by Crippen LogP contribution is 2.37. The van der Waals surface area contributed by atoms with Crippen LogP contribution in [0, 0.1) is 12.7 Å². The zero-order chi connectivity index (χ0) is 18.9. The van der Waals surface area contributed by atoms with Crippen LogP contribution in [-0.2, 0) is 10.3 Å². The fourth-order valence-corrected chi connectivity index (χ4v) is 2.66. The van der Waals surface area contributed by atoms with Crippen LogP contribution in [0.3, 0.4) is 0 Å². The Bertz CT molecular complexity index is 867. The number of hydrogen-bond donors (Lipinski definition) is 3. The molecule has 1 unspecified atom stereocenters. The summed E-state index contributed by atoms with van der Waals surface area (Å²) in [5.41, 5.74) is 3.75. The van der Waals surface area contributed by atoms with Crippen LogP contribution in [0.1, 0.15) is 21.7 Å². The lowest BCUT2D eigenvalue weighted by atomic mass is 9.90. The number of hydrogen-bond acceptors (Lipinski definition) is 5. The van der Waals surface area contributed by atoms with Gasteiger partial charge in [0.15, 0.2) is 11.2 Å². The summed E-state index contributed by atoms with van der Waals surface area (Å²) in [6.07, 6.45) is -3.06. The van der Waals surface area contributed by atoms with Crippen molar-refractivity contribution in [3.8, 4) is 0 Å². The fraction of sp³-hybridized carbons (Fsp3) is 0.312. The number of aromatic nitrogens is 2. The molecule has 0 bridgehead atoms. The Hall–Kier alpha value is -2.88. The summed E-state index contributed by atoms with van der Waals surface area (Å²) in [5, 5.41) is 8.91. The van der Waals surface area contributed by atoms with Crippen molar-refractivity contribution < 1.29 is 22.7 Å². The second kappa shape index (κ2) is 6.79. The molecule has 138 valence electrons. The topological polar surface area (TPSA) is 105 Å². The smallest absolute Gasteiger partial charge is 0.276 e. The van der Waals surface area contributed by atoms with Crippen molar-refractivity contribution in [3.63, 3.8) is 0 Å². The number of nitrogens with two attached hydrogens (primary N) is 1. The number of anilines is 1. The third-order valence-corrected chi connectivity index (χ3v) is 3.91. The van der Waals surface area contributed by atoms with Crippen molar-refractivity contribution in [2.24, 2.45) is 10.7 Å². The molecule has 10 heteroatoms. The van der Waals surface area contributed by atoms with E-state index in [1.165, 1.54) is 12.1 Å². The van der Waals surface area contributed by atoms with Crippen molar-refractivity contribution in [2.45, 2.75) is 18.9 Å². The van der Waals surface area contributed by atoms with Crippen molar-refractivity contribution >= 4 is 17.4 Å². The van der Waals surface area contributed by atoms with Crippen LogP contribution in [0.2, 0.25) is 0 Å². The summed E-state index contributed by atoms with van der Waals surface area (Å²) in [7, 11) is 0. The Morgan fingerprint density at radius 3 is 2.81 bits per heavy atom. The number of alkyl halides is 2. The van der Waals surface area contributed by atoms with Gasteiger partial charge in [-0.2, -0.15) is 5.10 Å². The molecule has 0 radical (unpaired) electrons. The highest BCUT2D eigenvalue weighted by molar-refractivity contribution is 6.02. The number of aryl methyl sites for hydroxylation is 1. The van der Waals surface area contributed by atoms with Crippen LogP contribution in [0.4, 0.5) is 18.9 Å². The lowest BCUT2D eigenvalue weighted by molar-refractivity contribution is -0.0145. The van der Waals surface area contributed by atoms with Gasteiger partial charge in [0.05, 0.1) is 6.61 Å². The lowest BCUT2D eigenvalue weighted by Crippen LogP contribution is -2.45. The van der Waals surface area contributed by atoms with E-state index in [-0.39, 0.29) is 23.8 Å². The monoisotopic (exact) mass is 367 g/mol. The van der Waals surface area contributed by atoms with Crippen LogP contribution in [0.15, 0.2) is 29.3 Å². The van der Waals surface area contributed by atoms with Crippen LogP contribution >= 0.6 is 0 Å². The number of benzene rings is 1. The first kappa shape index (κ1) is 17.9. The number of H-pyrrole nitrogens is 1. The lowest BCUT2D eigenvalue weighted by Gasteiger charge is -2.33. The average molecular weight is 367 g/mol. The van der Waals surface area contributed by atoms with Crippen LogP contribution < -0.4 is 11.1 Å². The number of carbonyl (C=O) groups excluding carboxylic acids is 1. The second-order valence-corrected chi connectivity index (χ2v) is 5.91. The number of aromatic amines is 1. The van der Waals surface area contributed by atoms with E-state index in [9.17, 15) is 18.0 Å². The molecular weight excluding hydrogens is 351 g/mol. The van der Waals surface area contributed by atoms with Crippen molar-refractivity contribution in [1.29, 1.82) is 0 Å². The van der Waals surface area contributed by atoms with Gasteiger partial charge in [-0.1, -0.05) is 0 Å². The number of nitrogens with one attached hydrogen (secondary N) is 2. The van der Waals surface area contributed by atoms with Gasteiger partial charge in [-0.3, -0.25) is 14.9 Å². The number of ether oxygens (including phenoxy) is 1. The van der Waals surface area contributed by atoms with Crippen LogP contribution in [-0.4, -0.2) is 41.6 Å². The first-order valence-corrected chi connectivity index (χ1v) is 7.65. The van der Waals surface area contributed by atoms with E-state index in [2.05, 4.69) is 20.5 Å². The van der Waals surface area contributed by atoms with Crippen molar-refractivity contribution in [2.75, 3.05) is 18.5 Å². The van der Waals surface area contributed by atoms with E-state index in [0.29, 0.717) is 5.69 Å². The van der Waals surface area contributed by atoms with Crippen LogP contribution in [0.5, 0.6) is 0 Å². The van der Waals surface area contributed by atoms with Gasteiger partial charge in [-0.05, 0) is 31.2 Å². The molecule has 0 spiro atoms. The first-order valence-electron chi connectivity index (χ1n) is 7.65. The van der Waals surface area contributed by atoms with Gasteiger partial charge in [0, 0.05) is 16.9 Å². The molecular formula is C16H16F3N5O2. The molecule has 4 N–H and O–H groups in total. The fourth-order valence-electron chi connectivity index (χ4n) is 2.66. The number of halogens is 3. The Labute approximate surface area is 146 Å². The Morgan fingerprint density at radius 2 is 2.19 bits per heavy atom. The minimum absolute atomic E-state index is 0.106. The van der Waals surface area contributed by atoms with E-state index in [4.69, 9.17) is 10.5 Å². The standard InChI is InChI=1S/C16H16F3N5O2/c1-8-4-12(24-23-8)14(25)21-9-2-3-11(17)10(5-9)16(15(18)19)7-26-6-13(20)22-16/h2-5,15H,6-7H2,1H3,(H2,20,22)(H,21,25)(H,23,24). The molecule has 7 nitrogen and oxygen atoms in total. The Balaban J connectivity index is 1.97. The van der Waals surface area contributed by atoms with Crippen LogP contribution in [0.25, 0.3) is 0 Å². The first-order chi connectivity index (χ1) is 12.3. The van der Waals surface area contributed by atoms with E-state index in [0.717, 1.165) is 12.1 Å². The Morgan fingerprint density at radius 1 is 1.42 bits per heavy atom. The minimum Gasteiger partial charge on any atom is -0.385 e. The summed E-state index contributed by atoms with van der Waals surface area (Å²) in [6, 6.07) is 4.85. The predicted octanol–water partition coefficient (Wildman–Crippen LogP) is 1.96. The number of rotatable bonds is 4. The van der Waals surface area contributed by atoms with E-state index in [1.54, 1.807) is 6.92 Å². The maximum atomic E-state index is 14.3. The normalized spacial score (nSPS) is 20.1. The third-order valence-electron chi connectivity index (χ3n) is 3.91. The molecule has 2 heterocycles. The number of amides is 1. The van der Waals surface area contributed by atoms with Gasteiger partial charge in [-0.15, -0.1) is 0 Å². The molecule has 1 aromatic heterocycles. The van der Waals surface area contributed by atoms with E-state index in [1.807, 2.05) is 0 Å². The zero-order valence-corrected chi connectivity index (χ0v) is 13.7. The number of aliphatic imine (C=N–C) groups is 1. The van der Waals surface area contributed by atoms with Gasteiger partial charge in [-0.25, -0.2) is 13.2 Å². The molecule has 1 aromatic carbocycles. The molecule has 0 saturated heterocycles. The summed E-state index contributed by atoms with van der Waals surface area (Å²) in [6.45, 7) is 1.08. The zero-order valence-electron chi connectivity index (χ0n) is 13.7. The number of nitrogens with zero attached hydrogens (tertiary/aromatic N) is 2. The molecule has 26 heavy (non-hydrogen) atoms. The molecule has 2 aromatic rings. The molecule has 0 fully saturated rings. The molecule has 1 aliphatic rings. The summed E-state index contributed by atoms with van der Waals surface area (Å²) in [4.78, 5) is 15.9. The highest BCUT2D eigenvalue weighted by atomic mass is 19.3. The largest absolute Gasteiger partial charge is 0.385 e. The summed E-state index contributed by atoms with van der Waals surface area (Å²) in [5.74, 6) is -1.63. The van der Waals surface area contributed by atoms with Crippen molar-refractivity contribution in [3.05, 3.63) is 47.0 Å². The average Bonchev–Trinajstić information content (AvgIpc) is 3.03. The SMILES string of the molecule is Cc1cc(C(=O)Nc2ccc(F)c(C3(C(F)F)COCC(N)=N3)c2)n[nH]1. The molecule has 1 aliphatic heterocycles. The van der Waals surface area contributed by atoms with E-state index < -0.39 is 35.9 Å². The maximum absolute atomic E-state index is 14.3. The number of carbonyl (C=O) groups is 1. The summed E-state index contributed by atoms with van der Waals surface area (Å²) >= 11 is 0. The quantitative estimate of drug-likeness (QED) is 0.768. The minimum atomic E-state index is -3.06. The van der Waals surface area contributed by atoms with Gasteiger partial charge >= 0.3 is 0 Å².